The quantitative estimate of drug-likeness (QED) is 0.548. The van der Waals surface area contributed by atoms with Crippen molar-refractivity contribution in [2.45, 2.75) is 6.92 Å². The molecule has 0 spiro atoms. The third kappa shape index (κ3) is 5.27. The minimum atomic E-state index is -0.389. The lowest BCUT2D eigenvalue weighted by Gasteiger charge is -2.11. The number of anilines is 1. The standard InChI is InChI=1S/C18H17BrN2O4S/c1-3-25-17(23)11-4-7-13(8-5-11)20-18(26)21-16(22)12-6-9-15(24-2)14(19)10-12/h4-10H,3H2,1-2H3,(H2,20,21,22,26). The van der Waals surface area contributed by atoms with E-state index in [2.05, 4.69) is 26.6 Å². The fourth-order valence-corrected chi connectivity index (χ4v) is 2.80. The number of amides is 1. The highest BCUT2D eigenvalue weighted by molar-refractivity contribution is 9.10. The highest BCUT2D eigenvalue weighted by Crippen LogP contribution is 2.25. The molecule has 0 atom stereocenters. The first kappa shape index (κ1) is 19.9. The molecule has 0 radical (unpaired) electrons. The maximum atomic E-state index is 12.3. The molecule has 2 aromatic carbocycles. The second kappa shape index (κ2) is 9.30. The Bertz CT molecular complexity index is 824. The first-order valence-electron chi connectivity index (χ1n) is 7.67. The Morgan fingerprint density at radius 2 is 1.77 bits per heavy atom. The van der Waals surface area contributed by atoms with E-state index in [0.29, 0.717) is 33.6 Å². The average molecular weight is 437 g/mol. The minimum absolute atomic E-state index is 0.144. The minimum Gasteiger partial charge on any atom is -0.496 e. The van der Waals surface area contributed by atoms with Crippen molar-refractivity contribution in [3.05, 3.63) is 58.1 Å². The fourth-order valence-electron chi connectivity index (χ4n) is 2.05. The lowest BCUT2D eigenvalue weighted by molar-refractivity contribution is 0.0526. The molecule has 0 saturated carbocycles. The van der Waals surface area contributed by atoms with Crippen LogP contribution < -0.4 is 15.4 Å². The van der Waals surface area contributed by atoms with Crippen LogP contribution in [0, 0.1) is 0 Å². The van der Waals surface area contributed by atoms with Gasteiger partial charge < -0.3 is 14.8 Å². The summed E-state index contributed by atoms with van der Waals surface area (Å²) in [6.07, 6.45) is 0. The van der Waals surface area contributed by atoms with Crippen molar-refractivity contribution in [3.63, 3.8) is 0 Å². The second-order valence-electron chi connectivity index (χ2n) is 5.06. The summed E-state index contributed by atoms with van der Waals surface area (Å²) < 4.78 is 10.7. The highest BCUT2D eigenvalue weighted by Gasteiger charge is 2.11. The summed E-state index contributed by atoms with van der Waals surface area (Å²) in [5.41, 5.74) is 1.51. The van der Waals surface area contributed by atoms with E-state index in [4.69, 9.17) is 21.7 Å². The predicted molar refractivity (Wildman–Crippen MR) is 107 cm³/mol. The van der Waals surface area contributed by atoms with Crippen molar-refractivity contribution < 1.29 is 19.1 Å². The third-order valence-corrected chi connectivity index (χ3v) is 4.12. The Morgan fingerprint density at radius 1 is 1.12 bits per heavy atom. The molecule has 1 amide bonds. The number of halogens is 1. The van der Waals surface area contributed by atoms with Crippen LogP contribution in [0.5, 0.6) is 5.75 Å². The molecule has 6 nitrogen and oxygen atoms in total. The molecule has 136 valence electrons. The number of ether oxygens (including phenoxy) is 2. The third-order valence-electron chi connectivity index (χ3n) is 3.29. The molecular formula is C18H17BrN2O4S. The van der Waals surface area contributed by atoms with Gasteiger partial charge in [-0.05, 0) is 77.5 Å². The molecule has 8 heteroatoms. The summed E-state index contributed by atoms with van der Waals surface area (Å²) in [7, 11) is 1.55. The van der Waals surface area contributed by atoms with Gasteiger partial charge in [0.1, 0.15) is 5.75 Å². The molecule has 2 aromatic rings. The summed E-state index contributed by atoms with van der Waals surface area (Å²) in [6, 6.07) is 11.5. The van der Waals surface area contributed by atoms with E-state index in [9.17, 15) is 9.59 Å². The Balaban J connectivity index is 1.96. The molecular weight excluding hydrogens is 420 g/mol. The van der Waals surface area contributed by atoms with Gasteiger partial charge in [-0.3, -0.25) is 10.1 Å². The topological polar surface area (TPSA) is 76.7 Å². The maximum Gasteiger partial charge on any atom is 0.338 e. The highest BCUT2D eigenvalue weighted by atomic mass is 79.9. The SMILES string of the molecule is CCOC(=O)c1ccc(NC(=S)NC(=O)c2ccc(OC)c(Br)c2)cc1. The van der Waals surface area contributed by atoms with Crippen molar-refractivity contribution in [3.8, 4) is 5.75 Å². The van der Waals surface area contributed by atoms with Crippen molar-refractivity contribution >= 4 is 50.8 Å². The van der Waals surface area contributed by atoms with E-state index in [-0.39, 0.29) is 17.0 Å². The molecule has 0 unspecified atom stereocenters. The zero-order chi connectivity index (χ0) is 19.1. The summed E-state index contributed by atoms with van der Waals surface area (Å²) >= 11 is 8.48. The van der Waals surface area contributed by atoms with Gasteiger partial charge in [0, 0.05) is 11.3 Å². The van der Waals surface area contributed by atoms with E-state index in [1.807, 2.05) is 0 Å². The molecule has 0 aromatic heterocycles. The normalized spacial score (nSPS) is 9.96. The summed E-state index contributed by atoms with van der Waals surface area (Å²) in [5, 5.41) is 5.63. The Hall–Kier alpha value is -2.45. The monoisotopic (exact) mass is 436 g/mol. The molecule has 0 bridgehead atoms. The van der Waals surface area contributed by atoms with Crippen molar-refractivity contribution in [1.29, 1.82) is 0 Å². The molecule has 2 rings (SSSR count). The Morgan fingerprint density at radius 3 is 2.35 bits per heavy atom. The van der Waals surface area contributed by atoms with Crippen molar-refractivity contribution in [1.82, 2.24) is 5.32 Å². The van der Waals surface area contributed by atoms with Crippen LogP contribution >= 0.6 is 28.1 Å². The van der Waals surface area contributed by atoms with Crippen molar-refractivity contribution in [2.75, 3.05) is 19.0 Å². The van der Waals surface area contributed by atoms with E-state index in [0.717, 1.165) is 0 Å². The zero-order valence-electron chi connectivity index (χ0n) is 14.2. The maximum absolute atomic E-state index is 12.3. The van der Waals surface area contributed by atoms with Crippen LogP contribution in [-0.4, -0.2) is 30.7 Å². The molecule has 0 heterocycles. The van der Waals surface area contributed by atoms with E-state index in [1.165, 1.54) is 0 Å². The van der Waals surface area contributed by atoms with Crippen LogP contribution in [0.3, 0.4) is 0 Å². The Labute approximate surface area is 165 Å². The number of hydrogen-bond acceptors (Lipinski definition) is 5. The molecule has 0 fully saturated rings. The molecule has 0 aliphatic carbocycles. The van der Waals surface area contributed by atoms with Crippen LogP contribution in [0.4, 0.5) is 5.69 Å². The smallest absolute Gasteiger partial charge is 0.338 e. The van der Waals surface area contributed by atoms with Crippen molar-refractivity contribution in [2.24, 2.45) is 0 Å². The van der Waals surface area contributed by atoms with Gasteiger partial charge in [-0.25, -0.2) is 4.79 Å². The summed E-state index contributed by atoms with van der Waals surface area (Å²) in [5.74, 6) is -0.113. The number of carbonyl (C=O) groups excluding carboxylic acids is 2. The zero-order valence-corrected chi connectivity index (χ0v) is 16.6. The van der Waals surface area contributed by atoms with Gasteiger partial charge in [-0.1, -0.05) is 0 Å². The first-order valence-corrected chi connectivity index (χ1v) is 8.87. The number of nitrogens with one attached hydrogen (secondary N) is 2. The Kier molecular flexibility index (Phi) is 7.11. The first-order chi connectivity index (χ1) is 12.4. The van der Waals surface area contributed by atoms with Gasteiger partial charge in [0.2, 0.25) is 0 Å². The number of benzene rings is 2. The van der Waals surface area contributed by atoms with Gasteiger partial charge in [0.25, 0.3) is 5.91 Å². The molecule has 0 saturated heterocycles. The van der Waals surface area contributed by atoms with E-state index < -0.39 is 0 Å². The van der Waals surface area contributed by atoms with Gasteiger partial charge in [0.05, 0.1) is 23.8 Å². The fraction of sp³-hybridized carbons (Fsp3) is 0.167. The lowest BCUT2D eigenvalue weighted by Crippen LogP contribution is -2.34. The van der Waals surface area contributed by atoms with Crippen LogP contribution in [0.1, 0.15) is 27.6 Å². The van der Waals surface area contributed by atoms with Gasteiger partial charge >= 0.3 is 5.97 Å². The molecule has 2 N–H and O–H groups in total. The van der Waals surface area contributed by atoms with Crippen LogP contribution in [0.2, 0.25) is 0 Å². The number of esters is 1. The average Bonchev–Trinajstić information content (AvgIpc) is 2.62. The van der Waals surface area contributed by atoms with Crippen LogP contribution in [0.25, 0.3) is 0 Å². The molecule has 26 heavy (non-hydrogen) atoms. The van der Waals surface area contributed by atoms with Gasteiger partial charge in [-0.15, -0.1) is 0 Å². The van der Waals surface area contributed by atoms with Gasteiger partial charge in [-0.2, -0.15) is 0 Å². The van der Waals surface area contributed by atoms with E-state index in [1.54, 1.807) is 56.5 Å². The summed E-state index contributed by atoms with van der Waals surface area (Å²) in [4.78, 5) is 23.9. The number of hydrogen-bond donors (Lipinski definition) is 2. The number of carbonyl (C=O) groups is 2. The molecule has 0 aliphatic rings. The number of thiocarbonyl (C=S) groups is 1. The second-order valence-corrected chi connectivity index (χ2v) is 6.32. The van der Waals surface area contributed by atoms with E-state index >= 15 is 0 Å². The predicted octanol–water partition coefficient (Wildman–Crippen LogP) is 3.76. The lowest BCUT2D eigenvalue weighted by atomic mass is 10.2. The summed E-state index contributed by atoms with van der Waals surface area (Å²) in [6.45, 7) is 2.06. The van der Waals surface area contributed by atoms with Crippen LogP contribution in [-0.2, 0) is 4.74 Å². The van der Waals surface area contributed by atoms with Crippen LogP contribution in [0.15, 0.2) is 46.9 Å². The van der Waals surface area contributed by atoms with Gasteiger partial charge in [0.15, 0.2) is 5.11 Å². The number of methoxy groups -OCH3 is 1. The largest absolute Gasteiger partial charge is 0.496 e. The number of rotatable bonds is 5. The molecule has 0 aliphatic heterocycles.